The molecule has 1 aliphatic heterocycles. The number of aryl methyl sites for hydroxylation is 1. The maximum Gasteiger partial charge on any atom is 0.325 e. The number of nitrogens with one attached hydrogen (secondary N) is 2. The fourth-order valence-electron chi connectivity index (χ4n) is 4.47. The number of nitrogens with zero attached hydrogens (tertiary/aromatic N) is 7. The molecule has 4 heterocycles. The average molecular weight is 974 g/mol. The van der Waals surface area contributed by atoms with Crippen LogP contribution in [0, 0.1) is 24.4 Å². The highest BCUT2D eigenvalue weighted by atomic mass is 35.5. The maximum absolute atomic E-state index is 14.3. The lowest BCUT2D eigenvalue weighted by Gasteiger charge is -2.15. The molecule has 3 aromatic heterocycles. The van der Waals surface area contributed by atoms with E-state index >= 15 is 0 Å². The number of carboxylic acid groups (broad SMARTS) is 1. The number of ether oxygens (including phenoxy) is 1. The molecule has 0 fully saturated rings. The van der Waals surface area contributed by atoms with Gasteiger partial charge in [-0.1, -0.05) is 17.7 Å². The van der Waals surface area contributed by atoms with E-state index in [4.69, 9.17) is 21.6 Å². The average Bonchev–Trinajstić information content (AvgIpc) is 3.74. The number of aliphatic carboxylic acids is 1. The van der Waals surface area contributed by atoms with Crippen molar-refractivity contribution in [3.8, 4) is 0 Å². The summed E-state index contributed by atoms with van der Waals surface area (Å²) in [6.07, 6.45) is 9.25. The summed E-state index contributed by atoms with van der Waals surface area (Å²) in [5, 5.41) is 13.3. The standard InChI is InChI=1S/C15H15ClFN3O3S2.C12H9F2N5O2S.C3H8NO5P.C3H9S/c1-23-13(21)8-24-12-7-11(10(17)6-9(12)16)18-14-19-4-2-3-5-20(19)15(22)25-14;1-7-5-6-19-11(15-7)16-12(17-19)22(20,21)18-10-8(13)3-2-4-9(10)14;5-3(6)1-4-2-10(7,8)9;1-4(2)3/h6-7H,2-5,8H2,1H3;2-6,18H,1H3;4H,1-2H2,(H,5,6)(H2,7,8,9);1-3H3/q;;;+1/p-1/b18-14-;;;. The Labute approximate surface area is 362 Å². The van der Waals surface area contributed by atoms with Crippen LogP contribution in [0.3, 0.4) is 0 Å². The third-order valence-electron chi connectivity index (χ3n) is 7.04. The van der Waals surface area contributed by atoms with Crippen LogP contribution in [-0.4, -0.2) is 104 Å². The molecule has 0 amide bonds. The van der Waals surface area contributed by atoms with Crippen LogP contribution >= 0.6 is 42.3 Å². The van der Waals surface area contributed by atoms with Crippen molar-refractivity contribution in [2.24, 2.45) is 4.99 Å². The summed E-state index contributed by atoms with van der Waals surface area (Å²) in [5.74, 6) is -4.11. The lowest BCUT2D eigenvalue weighted by Crippen LogP contribution is -2.31. The predicted octanol–water partition coefficient (Wildman–Crippen LogP) is 2.96. The van der Waals surface area contributed by atoms with Gasteiger partial charge in [-0.25, -0.2) is 32.3 Å². The van der Waals surface area contributed by atoms with Crippen molar-refractivity contribution in [3.05, 3.63) is 85.2 Å². The number of hydrogen-bond acceptors (Lipinski definition) is 15. The third kappa shape index (κ3) is 16.5. The maximum atomic E-state index is 14.3. The molecule has 4 N–H and O–H groups in total. The molecule has 2 aromatic carbocycles. The van der Waals surface area contributed by atoms with Gasteiger partial charge in [-0.05, 0) is 72.3 Å². The first-order valence-corrected chi connectivity index (χ1v) is 25.0. The van der Waals surface area contributed by atoms with Gasteiger partial charge >= 0.3 is 16.8 Å². The molecule has 1 atom stereocenters. The number of para-hydroxylation sites is 1. The first kappa shape index (κ1) is 51.1. The normalized spacial score (nSPS) is 13.4. The molecule has 0 spiro atoms. The molecule has 1 aliphatic rings. The molecule has 5 aromatic rings. The third-order valence-corrected chi connectivity index (χ3v) is 11.1. The van der Waals surface area contributed by atoms with Crippen LogP contribution in [0.15, 0.2) is 62.4 Å². The Morgan fingerprint density at radius 2 is 1.72 bits per heavy atom. The quantitative estimate of drug-likeness (QED) is 0.0642. The second-order valence-electron chi connectivity index (χ2n) is 12.6. The molecule has 0 aliphatic carbocycles. The van der Waals surface area contributed by atoms with Crippen LogP contribution in [-0.2, 0) is 52.9 Å². The first-order valence-electron chi connectivity index (χ1n) is 17.2. The van der Waals surface area contributed by atoms with E-state index in [0.717, 1.165) is 64.7 Å². The highest BCUT2D eigenvalue weighted by molar-refractivity contribution is 8.00. The van der Waals surface area contributed by atoms with Crippen molar-refractivity contribution in [1.82, 2.24) is 34.3 Å². The number of carboxylic acids is 1. The number of methoxy groups -OCH3 is 1. The van der Waals surface area contributed by atoms with Gasteiger partial charge in [0.15, 0.2) is 0 Å². The fourth-order valence-corrected chi connectivity index (χ4v) is 7.80. The second-order valence-corrected chi connectivity index (χ2v) is 20.5. The summed E-state index contributed by atoms with van der Waals surface area (Å²) in [4.78, 5) is 64.0. The van der Waals surface area contributed by atoms with Gasteiger partial charge in [-0.15, -0.1) is 16.9 Å². The van der Waals surface area contributed by atoms with Crippen molar-refractivity contribution in [2.45, 2.75) is 42.9 Å². The van der Waals surface area contributed by atoms with Gasteiger partial charge in [0, 0.05) is 29.9 Å². The fraction of sp³-hybridized carbons (Fsp3) is 0.364. The number of benzene rings is 2. The Hall–Kier alpha value is -4.27. The molecule has 6 rings (SSSR count). The molecular formula is C33H40ClF3N9O10PS4. The zero-order valence-electron chi connectivity index (χ0n) is 32.9. The Morgan fingerprint density at radius 3 is 2.31 bits per heavy atom. The number of carbonyl (C=O) groups excluding carboxylic acids is 1. The molecule has 334 valence electrons. The Morgan fingerprint density at radius 1 is 1.10 bits per heavy atom. The van der Waals surface area contributed by atoms with Gasteiger partial charge in [0.2, 0.25) is 4.80 Å². The Kier molecular flexibility index (Phi) is 19.5. The Bertz CT molecular complexity index is 2600. The minimum atomic E-state index is -4.35. The summed E-state index contributed by atoms with van der Waals surface area (Å²) >= 11 is 8.17. The van der Waals surface area contributed by atoms with Crippen LogP contribution in [0.4, 0.5) is 24.5 Å². The number of thioether (sulfide) groups is 1. The number of hydrogen-bond donors (Lipinski definition) is 4. The zero-order valence-corrected chi connectivity index (χ0v) is 37.8. The van der Waals surface area contributed by atoms with Gasteiger partial charge in [-0.3, -0.25) is 29.1 Å². The highest BCUT2D eigenvalue weighted by Crippen LogP contribution is 2.33. The predicted molar refractivity (Wildman–Crippen MR) is 223 cm³/mol. The molecule has 19 nitrogen and oxygen atoms in total. The number of sulfonamides is 1. The lowest BCUT2D eigenvalue weighted by atomic mass is 10.3. The van der Waals surface area contributed by atoms with E-state index < -0.39 is 70.7 Å². The van der Waals surface area contributed by atoms with Crippen molar-refractivity contribution < 1.29 is 55.4 Å². The molecule has 61 heavy (non-hydrogen) atoms. The summed E-state index contributed by atoms with van der Waals surface area (Å²) in [5.41, 5.74) is -0.0815. The van der Waals surface area contributed by atoms with Crippen LogP contribution in [0.5, 0.6) is 0 Å². The Balaban J connectivity index is 0.000000251. The van der Waals surface area contributed by atoms with Gasteiger partial charge < -0.3 is 24.2 Å². The SMILES string of the molecule is COC(=O)CSc1cc(/N=c2\sc(=O)n3n2CCCC3)c(F)cc1Cl.C[S+](C)C.Cc1ccn2nc(S(=O)(=O)Nc3c(F)cccc3F)nc2n1.O=C(O)CNCP(=O)([O-])O. The number of fused-ring (bicyclic) bond motifs is 2. The van der Waals surface area contributed by atoms with Crippen LogP contribution < -0.4 is 24.6 Å². The minimum Gasteiger partial charge on any atom is -0.778 e. The van der Waals surface area contributed by atoms with E-state index in [1.807, 2.05) is 5.32 Å². The van der Waals surface area contributed by atoms with Crippen molar-refractivity contribution >= 4 is 92.3 Å². The van der Waals surface area contributed by atoms with Crippen molar-refractivity contribution in [3.63, 3.8) is 0 Å². The van der Waals surface area contributed by atoms with Crippen molar-refractivity contribution in [1.29, 1.82) is 0 Å². The number of halogens is 4. The van der Waals surface area contributed by atoms with Crippen LogP contribution in [0.2, 0.25) is 5.02 Å². The van der Waals surface area contributed by atoms with E-state index in [0.29, 0.717) is 39.4 Å². The highest BCUT2D eigenvalue weighted by Gasteiger charge is 2.24. The molecule has 28 heteroatoms. The van der Waals surface area contributed by atoms with Gasteiger partial charge in [0.1, 0.15) is 36.4 Å². The minimum absolute atomic E-state index is 0.0605. The number of rotatable bonds is 11. The van der Waals surface area contributed by atoms with Gasteiger partial charge in [0.05, 0.1) is 49.5 Å². The van der Waals surface area contributed by atoms with Gasteiger partial charge in [-0.2, -0.15) is 13.4 Å². The number of esters is 1. The van der Waals surface area contributed by atoms with E-state index in [1.54, 1.807) is 27.1 Å². The summed E-state index contributed by atoms with van der Waals surface area (Å²) in [7, 11) is -6.76. The number of aromatic nitrogens is 6. The molecular weight excluding hydrogens is 934 g/mol. The molecule has 0 bridgehead atoms. The first-order chi connectivity index (χ1) is 28.5. The zero-order chi connectivity index (χ0) is 45.7. The van der Waals surface area contributed by atoms with Gasteiger partial charge in [0.25, 0.3) is 21.0 Å². The molecule has 0 saturated carbocycles. The second kappa shape index (κ2) is 23.3. The van der Waals surface area contributed by atoms with Crippen LogP contribution in [0.25, 0.3) is 5.78 Å². The van der Waals surface area contributed by atoms with E-state index in [1.165, 1.54) is 19.4 Å². The van der Waals surface area contributed by atoms with Crippen molar-refractivity contribution in [2.75, 3.05) is 49.2 Å². The molecule has 0 radical (unpaired) electrons. The summed E-state index contributed by atoms with van der Waals surface area (Å²) in [6.45, 7) is 2.55. The largest absolute Gasteiger partial charge is 0.778 e. The monoisotopic (exact) mass is 973 g/mol. The summed E-state index contributed by atoms with van der Waals surface area (Å²) in [6, 6.07) is 7.25. The smallest absolute Gasteiger partial charge is 0.325 e. The topological polar surface area (TPSA) is 265 Å². The van der Waals surface area contributed by atoms with E-state index in [2.05, 4.69) is 43.6 Å². The molecule has 0 saturated heterocycles. The number of carbonyl (C=O) groups is 2. The van der Waals surface area contributed by atoms with E-state index in [9.17, 15) is 45.4 Å². The van der Waals surface area contributed by atoms with E-state index in [-0.39, 0.29) is 27.1 Å². The number of anilines is 1. The summed E-state index contributed by atoms with van der Waals surface area (Å²) < 4.78 is 86.5. The van der Waals surface area contributed by atoms with Crippen LogP contribution in [0.1, 0.15) is 18.5 Å². The molecule has 1 unspecified atom stereocenters. The lowest BCUT2D eigenvalue weighted by molar-refractivity contribution is -0.193.